The first-order chi connectivity index (χ1) is 10.1. The number of anilines is 1. The number of nitrogens with one attached hydrogen (secondary N) is 1. The predicted octanol–water partition coefficient (Wildman–Crippen LogP) is 2.29. The molecule has 21 heavy (non-hydrogen) atoms. The lowest BCUT2D eigenvalue weighted by Gasteiger charge is -2.08. The van der Waals surface area contributed by atoms with Gasteiger partial charge >= 0.3 is 0 Å². The summed E-state index contributed by atoms with van der Waals surface area (Å²) in [4.78, 5) is 16.3. The van der Waals surface area contributed by atoms with Crippen LogP contribution in [0.25, 0.3) is 0 Å². The molecular formula is C17H16N2O2. The molecule has 2 aromatic rings. The van der Waals surface area contributed by atoms with Gasteiger partial charge in [0.05, 0.1) is 0 Å². The molecule has 1 aromatic carbocycles. The van der Waals surface area contributed by atoms with E-state index in [2.05, 4.69) is 22.1 Å². The standard InChI is InChI=1S/C17H16N2O2/c1-12-11-14(6-4-10-20)8-9-15(12)19-17(21)16-7-3-5-13(2)18-16/h3,5,7-9,11,20H,10H2,1-2H3,(H,19,21). The van der Waals surface area contributed by atoms with E-state index in [0.717, 1.165) is 22.5 Å². The van der Waals surface area contributed by atoms with Crippen LogP contribution in [0.5, 0.6) is 0 Å². The van der Waals surface area contributed by atoms with Crippen molar-refractivity contribution in [3.8, 4) is 11.8 Å². The molecule has 1 amide bonds. The van der Waals surface area contributed by atoms with Crippen molar-refractivity contribution in [2.24, 2.45) is 0 Å². The second-order valence-corrected chi connectivity index (χ2v) is 4.61. The van der Waals surface area contributed by atoms with Crippen LogP contribution in [0, 0.1) is 25.7 Å². The van der Waals surface area contributed by atoms with Gasteiger partial charge in [0, 0.05) is 16.9 Å². The summed E-state index contributed by atoms with van der Waals surface area (Å²) in [6.45, 7) is 3.57. The maximum atomic E-state index is 12.1. The molecule has 0 aliphatic carbocycles. The van der Waals surface area contributed by atoms with Crippen LogP contribution in [-0.2, 0) is 0 Å². The minimum absolute atomic E-state index is 0.170. The number of aliphatic hydroxyl groups excluding tert-OH is 1. The Morgan fingerprint density at radius 1 is 1.29 bits per heavy atom. The molecule has 2 rings (SSSR count). The van der Waals surface area contributed by atoms with Crippen LogP contribution in [0.2, 0.25) is 0 Å². The molecule has 0 aliphatic rings. The summed E-state index contributed by atoms with van der Waals surface area (Å²) in [6.07, 6.45) is 0. The summed E-state index contributed by atoms with van der Waals surface area (Å²) in [6, 6.07) is 10.8. The fourth-order valence-corrected chi connectivity index (χ4v) is 1.88. The summed E-state index contributed by atoms with van der Waals surface area (Å²) in [5, 5.41) is 11.5. The molecule has 0 bridgehead atoms. The molecule has 0 radical (unpaired) electrons. The number of aromatic nitrogens is 1. The Labute approximate surface area is 123 Å². The molecule has 1 heterocycles. The van der Waals surface area contributed by atoms with Gasteiger partial charge in [-0.05, 0) is 49.7 Å². The highest BCUT2D eigenvalue weighted by Gasteiger charge is 2.09. The molecule has 0 aliphatic heterocycles. The van der Waals surface area contributed by atoms with E-state index in [9.17, 15) is 4.79 Å². The first-order valence-electron chi connectivity index (χ1n) is 6.55. The number of aryl methyl sites for hydroxylation is 2. The number of carbonyl (C=O) groups excluding carboxylic acids is 1. The summed E-state index contributed by atoms with van der Waals surface area (Å²) in [5.41, 5.74) is 3.61. The van der Waals surface area contributed by atoms with Crippen LogP contribution in [0.15, 0.2) is 36.4 Å². The maximum Gasteiger partial charge on any atom is 0.274 e. The van der Waals surface area contributed by atoms with Crippen molar-refractivity contribution >= 4 is 11.6 Å². The van der Waals surface area contributed by atoms with E-state index in [1.165, 1.54) is 0 Å². The third-order valence-corrected chi connectivity index (χ3v) is 2.91. The van der Waals surface area contributed by atoms with Gasteiger partial charge in [0.1, 0.15) is 12.3 Å². The fraction of sp³-hybridized carbons (Fsp3) is 0.176. The van der Waals surface area contributed by atoms with Gasteiger partial charge in [0.2, 0.25) is 0 Å². The second-order valence-electron chi connectivity index (χ2n) is 4.61. The molecule has 0 saturated carbocycles. The van der Waals surface area contributed by atoms with E-state index in [0.29, 0.717) is 5.69 Å². The number of hydrogen-bond donors (Lipinski definition) is 2. The number of rotatable bonds is 2. The summed E-state index contributed by atoms with van der Waals surface area (Å²) >= 11 is 0. The van der Waals surface area contributed by atoms with Crippen LogP contribution < -0.4 is 5.32 Å². The highest BCUT2D eigenvalue weighted by Crippen LogP contribution is 2.17. The zero-order valence-electron chi connectivity index (χ0n) is 12.0. The number of carbonyl (C=O) groups is 1. The molecule has 0 fully saturated rings. The van der Waals surface area contributed by atoms with Gasteiger partial charge < -0.3 is 10.4 Å². The zero-order valence-corrected chi connectivity index (χ0v) is 12.0. The van der Waals surface area contributed by atoms with Crippen molar-refractivity contribution in [3.05, 3.63) is 58.9 Å². The topological polar surface area (TPSA) is 62.2 Å². The first kappa shape index (κ1) is 14.8. The normalized spacial score (nSPS) is 9.67. The average Bonchev–Trinajstić information content (AvgIpc) is 2.47. The number of hydrogen-bond acceptors (Lipinski definition) is 3. The van der Waals surface area contributed by atoms with Crippen LogP contribution >= 0.6 is 0 Å². The number of amides is 1. The fourth-order valence-electron chi connectivity index (χ4n) is 1.88. The highest BCUT2D eigenvalue weighted by atomic mass is 16.2. The predicted molar refractivity (Wildman–Crippen MR) is 82.1 cm³/mol. The second kappa shape index (κ2) is 6.69. The van der Waals surface area contributed by atoms with Gasteiger partial charge in [0.25, 0.3) is 5.91 Å². The van der Waals surface area contributed by atoms with E-state index >= 15 is 0 Å². The van der Waals surface area contributed by atoms with Gasteiger partial charge in [-0.15, -0.1) is 0 Å². The minimum Gasteiger partial charge on any atom is -0.384 e. The van der Waals surface area contributed by atoms with Crippen LogP contribution in [0.3, 0.4) is 0 Å². The van der Waals surface area contributed by atoms with Crippen LogP contribution in [0.1, 0.15) is 27.3 Å². The molecule has 0 atom stereocenters. The van der Waals surface area contributed by atoms with Crippen molar-refractivity contribution in [2.45, 2.75) is 13.8 Å². The molecule has 0 unspecified atom stereocenters. The van der Waals surface area contributed by atoms with Crippen LogP contribution in [-0.4, -0.2) is 22.6 Å². The lowest BCUT2D eigenvalue weighted by molar-refractivity contribution is 0.102. The van der Waals surface area contributed by atoms with Gasteiger partial charge in [-0.2, -0.15) is 0 Å². The number of benzene rings is 1. The Bertz CT molecular complexity index is 727. The van der Waals surface area contributed by atoms with Crippen molar-refractivity contribution in [1.29, 1.82) is 0 Å². The Morgan fingerprint density at radius 2 is 2.10 bits per heavy atom. The largest absolute Gasteiger partial charge is 0.384 e. The molecule has 4 nitrogen and oxygen atoms in total. The smallest absolute Gasteiger partial charge is 0.274 e. The SMILES string of the molecule is Cc1cccc(C(=O)Nc2ccc(C#CCO)cc2C)n1. The monoisotopic (exact) mass is 280 g/mol. The van der Waals surface area contributed by atoms with Gasteiger partial charge in [-0.1, -0.05) is 17.9 Å². The van der Waals surface area contributed by atoms with E-state index in [1.54, 1.807) is 24.3 Å². The van der Waals surface area contributed by atoms with Crippen molar-refractivity contribution < 1.29 is 9.90 Å². The molecular weight excluding hydrogens is 264 g/mol. The average molecular weight is 280 g/mol. The molecule has 1 aromatic heterocycles. The minimum atomic E-state index is -0.240. The summed E-state index contributed by atoms with van der Waals surface area (Å²) < 4.78 is 0. The zero-order chi connectivity index (χ0) is 15.2. The Balaban J connectivity index is 2.18. The van der Waals surface area contributed by atoms with Gasteiger partial charge in [0.15, 0.2) is 0 Å². The Hall–Kier alpha value is -2.64. The molecule has 106 valence electrons. The number of pyridine rings is 1. The van der Waals surface area contributed by atoms with Crippen molar-refractivity contribution in [2.75, 3.05) is 11.9 Å². The maximum absolute atomic E-state index is 12.1. The van der Waals surface area contributed by atoms with E-state index in [1.807, 2.05) is 26.0 Å². The van der Waals surface area contributed by atoms with Crippen LogP contribution in [0.4, 0.5) is 5.69 Å². The Kier molecular flexibility index (Phi) is 4.70. The van der Waals surface area contributed by atoms with Crippen molar-refractivity contribution in [3.63, 3.8) is 0 Å². The lowest BCUT2D eigenvalue weighted by Crippen LogP contribution is -2.14. The first-order valence-corrected chi connectivity index (χ1v) is 6.55. The molecule has 2 N–H and O–H groups in total. The molecule has 0 spiro atoms. The third-order valence-electron chi connectivity index (χ3n) is 2.91. The highest BCUT2D eigenvalue weighted by molar-refractivity contribution is 6.03. The molecule has 4 heteroatoms. The number of nitrogens with zero attached hydrogens (tertiary/aromatic N) is 1. The summed E-state index contributed by atoms with van der Waals surface area (Å²) in [7, 11) is 0. The van der Waals surface area contributed by atoms with E-state index in [4.69, 9.17) is 5.11 Å². The van der Waals surface area contributed by atoms with Crippen molar-refractivity contribution in [1.82, 2.24) is 4.98 Å². The van der Waals surface area contributed by atoms with E-state index < -0.39 is 0 Å². The Morgan fingerprint density at radius 3 is 2.76 bits per heavy atom. The third kappa shape index (κ3) is 3.91. The van der Waals surface area contributed by atoms with E-state index in [-0.39, 0.29) is 12.5 Å². The summed E-state index contributed by atoms with van der Waals surface area (Å²) in [5.74, 6) is 5.18. The molecule has 0 saturated heterocycles. The lowest BCUT2D eigenvalue weighted by atomic mass is 10.1. The van der Waals surface area contributed by atoms with Gasteiger partial charge in [-0.25, -0.2) is 4.98 Å². The quantitative estimate of drug-likeness (QED) is 0.830. The van der Waals surface area contributed by atoms with Gasteiger partial charge in [-0.3, -0.25) is 4.79 Å². The number of aliphatic hydroxyl groups is 1.